The van der Waals surface area contributed by atoms with Crippen LogP contribution in [0.1, 0.15) is 27.9 Å². The zero-order valence-corrected chi connectivity index (χ0v) is 12.0. The van der Waals surface area contributed by atoms with Crippen molar-refractivity contribution in [3.8, 4) is 0 Å². The molecular formula is C17H13F4NO. The number of halogens is 4. The second kappa shape index (κ2) is 5.68. The number of fused-ring (bicyclic) bond motifs is 1. The first kappa shape index (κ1) is 15.5. The second-order valence-electron chi connectivity index (χ2n) is 5.38. The fraction of sp³-hybridized carbons (Fsp3) is 0.235. The lowest BCUT2D eigenvalue weighted by Gasteiger charge is -2.30. The highest BCUT2D eigenvalue weighted by Gasteiger charge is 2.31. The second-order valence-corrected chi connectivity index (χ2v) is 5.38. The lowest BCUT2D eigenvalue weighted by atomic mass is 10.00. The van der Waals surface area contributed by atoms with Gasteiger partial charge in [-0.25, -0.2) is 4.39 Å². The Labute approximate surface area is 130 Å². The van der Waals surface area contributed by atoms with E-state index in [2.05, 4.69) is 0 Å². The summed E-state index contributed by atoms with van der Waals surface area (Å²) < 4.78 is 51.8. The molecule has 0 spiro atoms. The summed E-state index contributed by atoms with van der Waals surface area (Å²) in [5.74, 6) is -0.993. The lowest BCUT2D eigenvalue weighted by Crippen LogP contribution is -2.36. The summed E-state index contributed by atoms with van der Waals surface area (Å²) in [5, 5.41) is 0. The molecule has 2 aromatic rings. The van der Waals surface area contributed by atoms with E-state index in [1.165, 1.54) is 11.0 Å². The van der Waals surface area contributed by atoms with Crippen LogP contribution in [0, 0.1) is 5.82 Å². The van der Waals surface area contributed by atoms with E-state index in [-0.39, 0.29) is 11.3 Å². The maximum atomic E-state index is 14.1. The van der Waals surface area contributed by atoms with Crippen molar-refractivity contribution in [1.29, 1.82) is 0 Å². The Kier molecular flexibility index (Phi) is 3.83. The monoisotopic (exact) mass is 323 g/mol. The van der Waals surface area contributed by atoms with Gasteiger partial charge in [0.25, 0.3) is 5.91 Å². The number of anilines is 1. The molecule has 0 saturated heterocycles. The first-order chi connectivity index (χ1) is 10.9. The van der Waals surface area contributed by atoms with Crippen LogP contribution in [-0.4, -0.2) is 12.5 Å². The minimum absolute atomic E-state index is 0.106. The van der Waals surface area contributed by atoms with Gasteiger partial charge in [-0.2, -0.15) is 13.2 Å². The minimum atomic E-state index is -4.45. The van der Waals surface area contributed by atoms with Crippen molar-refractivity contribution < 1.29 is 22.4 Å². The first-order valence-corrected chi connectivity index (χ1v) is 7.14. The third kappa shape index (κ3) is 2.93. The van der Waals surface area contributed by atoms with Gasteiger partial charge in [0.2, 0.25) is 0 Å². The molecule has 0 fully saturated rings. The molecule has 1 amide bonds. The molecule has 1 heterocycles. The van der Waals surface area contributed by atoms with Gasteiger partial charge in [0.1, 0.15) is 5.82 Å². The zero-order chi connectivity index (χ0) is 16.6. The summed E-state index contributed by atoms with van der Waals surface area (Å²) in [6.07, 6.45) is -3.10. The Balaban J connectivity index is 1.93. The normalized spacial score (nSPS) is 14.5. The highest BCUT2D eigenvalue weighted by molar-refractivity contribution is 6.06. The van der Waals surface area contributed by atoms with Crippen molar-refractivity contribution in [3.63, 3.8) is 0 Å². The van der Waals surface area contributed by atoms with Crippen molar-refractivity contribution in [2.24, 2.45) is 0 Å². The van der Waals surface area contributed by atoms with Crippen LogP contribution in [0.5, 0.6) is 0 Å². The van der Waals surface area contributed by atoms with Crippen molar-refractivity contribution in [3.05, 3.63) is 65.0 Å². The van der Waals surface area contributed by atoms with Crippen LogP contribution in [0.2, 0.25) is 0 Å². The molecule has 23 heavy (non-hydrogen) atoms. The Morgan fingerprint density at radius 3 is 2.39 bits per heavy atom. The Bertz CT molecular complexity index is 737. The Morgan fingerprint density at radius 2 is 1.74 bits per heavy atom. The number of carbonyl (C=O) groups is 1. The topological polar surface area (TPSA) is 20.3 Å². The van der Waals surface area contributed by atoms with Crippen molar-refractivity contribution in [2.75, 3.05) is 11.4 Å². The molecule has 1 aliphatic rings. The number of alkyl halides is 3. The summed E-state index contributed by atoms with van der Waals surface area (Å²) in [4.78, 5) is 13.9. The van der Waals surface area contributed by atoms with Gasteiger partial charge in [0.05, 0.1) is 11.3 Å². The van der Waals surface area contributed by atoms with Gasteiger partial charge in [-0.05, 0) is 48.7 Å². The van der Waals surface area contributed by atoms with Crippen LogP contribution in [0.15, 0.2) is 42.5 Å². The molecule has 120 valence electrons. The highest BCUT2D eigenvalue weighted by Crippen LogP contribution is 2.32. The van der Waals surface area contributed by atoms with Crippen LogP contribution in [0.4, 0.5) is 23.2 Å². The SMILES string of the molecule is O=C(c1ccc(C(F)(F)F)cc1)N1CCCc2cccc(F)c21. The average Bonchev–Trinajstić information content (AvgIpc) is 2.53. The molecule has 0 radical (unpaired) electrons. The molecule has 0 atom stereocenters. The van der Waals surface area contributed by atoms with E-state index in [0.717, 1.165) is 29.8 Å². The number of amides is 1. The number of rotatable bonds is 1. The summed E-state index contributed by atoms with van der Waals surface area (Å²) in [6, 6.07) is 8.58. The van der Waals surface area contributed by atoms with Crippen molar-refractivity contribution in [1.82, 2.24) is 0 Å². The standard InChI is InChI=1S/C17H13F4NO/c18-14-5-1-3-11-4-2-10-22(15(11)14)16(23)12-6-8-13(9-7-12)17(19,20)21/h1,3,5-9H,2,4,10H2. The van der Waals surface area contributed by atoms with Gasteiger partial charge in [-0.1, -0.05) is 12.1 Å². The van der Waals surface area contributed by atoms with E-state index in [0.29, 0.717) is 19.4 Å². The molecule has 3 rings (SSSR count). The van der Waals surface area contributed by atoms with Gasteiger partial charge in [-0.15, -0.1) is 0 Å². The summed E-state index contributed by atoms with van der Waals surface area (Å²) in [7, 11) is 0. The molecule has 0 aromatic heterocycles. The van der Waals surface area contributed by atoms with Crippen molar-refractivity contribution >= 4 is 11.6 Å². The largest absolute Gasteiger partial charge is 0.416 e. The molecule has 0 unspecified atom stereocenters. The van der Waals surface area contributed by atoms with E-state index in [1.54, 1.807) is 12.1 Å². The number of hydrogen-bond donors (Lipinski definition) is 0. The average molecular weight is 323 g/mol. The fourth-order valence-electron chi connectivity index (χ4n) is 2.76. The molecule has 0 bridgehead atoms. The summed E-state index contributed by atoms with van der Waals surface area (Å²) in [5.41, 5.74) is 0.244. The third-order valence-corrected chi connectivity index (χ3v) is 3.87. The fourth-order valence-corrected chi connectivity index (χ4v) is 2.76. The van der Waals surface area contributed by atoms with E-state index < -0.39 is 23.5 Å². The van der Waals surface area contributed by atoms with Crippen LogP contribution < -0.4 is 4.90 Å². The molecule has 2 aromatic carbocycles. The number of carbonyl (C=O) groups excluding carboxylic acids is 1. The number of aryl methyl sites for hydroxylation is 1. The number of para-hydroxylation sites is 1. The summed E-state index contributed by atoms with van der Waals surface area (Å²) >= 11 is 0. The van der Waals surface area contributed by atoms with E-state index in [4.69, 9.17) is 0 Å². The lowest BCUT2D eigenvalue weighted by molar-refractivity contribution is -0.137. The molecule has 0 saturated carbocycles. The predicted octanol–water partition coefficient (Wildman–Crippen LogP) is 4.44. The number of benzene rings is 2. The Hall–Kier alpha value is -2.37. The maximum absolute atomic E-state index is 14.1. The van der Waals surface area contributed by atoms with Gasteiger partial charge < -0.3 is 4.90 Å². The van der Waals surface area contributed by atoms with Gasteiger partial charge in [-0.3, -0.25) is 4.79 Å². The van der Waals surface area contributed by atoms with E-state index in [9.17, 15) is 22.4 Å². The van der Waals surface area contributed by atoms with Gasteiger partial charge >= 0.3 is 6.18 Å². The van der Waals surface area contributed by atoms with Gasteiger partial charge in [0, 0.05) is 12.1 Å². The van der Waals surface area contributed by atoms with Gasteiger partial charge in [0.15, 0.2) is 0 Å². The van der Waals surface area contributed by atoms with Crippen LogP contribution in [-0.2, 0) is 12.6 Å². The van der Waals surface area contributed by atoms with Crippen molar-refractivity contribution in [2.45, 2.75) is 19.0 Å². The van der Waals surface area contributed by atoms with Crippen LogP contribution in [0.25, 0.3) is 0 Å². The minimum Gasteiger partial charge on any atom is -0.305 e. The van der Waals surface area contributed by atoms with E-state index >= 15 is 0 Å². The van der Waals surface area contributed by atoms with Crippen LogP contribution in [0.3, 0.4) is 0 Å². The molecule has 2 nitrogen and oxygen atoms in total. The predicted molar refractivity (Wildman–Crippen MR) is 77.8 cm³/mol. The third-order valence-electron chi connectivity index (χ3n) is 3.87. The Morgan fingerprint density at radius 1 is 1.04 bits per heavy atom. The molecule has 0 aliphatic carbocycles. The van der Waals surface area contributed by atoms with E-state index in [1.807, 2.05) is 0 Å². The zero-order valence-electron chi connectivity index (χ0n) is 12.0. The molecule has 6 heteroatoms. The number of nitrogens with zero attached hydrogens (tertiary/aromatic N) is 1. The van der Waals surface area contributed by atoms with Crippen LogP contribution >= 0.6 is 0 Å². The summed E-state index contributed by atoms with van der Waals surface area (Å²) in [6.45, 7) is 0.341. The number of hydrogen-bond acceptors (Lipinski definition) is 1. The smallest absolute Gasteiger partial charge is 0.305 e. The molecule has 1 aliphatic heterocycles. The molecule has 0 N–H and O–H groups in total. The molecular weight excluding hydrogens is 310 g/mol. The maximum Gasteiger partial charge on any atom is 0.416 e. The first-order valence-electron chi connectivity index (χ1n) is 7.14. The quantitative estimate of drug-likeness (QED) is 0.711. The highest BCUT2D eigenvalue weighted by atomic mass is 19.4.